The van der Waals surface area contributed by atoms with Gasteiger partial charge in [-0.05, 0) is 6.07 Å². The molecular formula is C10H15NO3. The van der Waals surface area contributed by atoms with Gasteiger partial charge in [0, 0.05) is 31.9 Å². The monoisotopic (exact) mass is 197 g/mol. The number of rotatable bonds is 5. The number of methoxy groups -OCH3 is 2. The van der Waals surface area contributed by atoms with Crippen molar-refractivity contribution in [2.75, 3.05) is 20.8 Å². The van der Waals surface area contributed by atoms with Gasteiger partial charge in [-0.3, -0.25) is 4.98 Å². The van der Waals surface area contributed by atoms with Gasteiger partial charge in [0.15, 0.2) is 0 Å². The van der Waals surface area contributed by atoms with E-state index in [1.807, 2.05) is 0 Å². The lowest BCUT2D eigenvalue weighted by atomic mass is 10.1. The lowest BCUT2D eigenvalue weighted by molar-refractivity contribution is 0.110. The Morgan fingerprint density at radius 3 is 2.86 bits per heavy atom. The van der Waals surface area contributed by atoms with Gasteiger partial charge in [0.25, 0.3) is 0 Å². The molecule has 0 amide bonds. The Kier molecular flexibility index (Phi) is 4.35. The number of pyridine rings is 1. The summed E-state index contributed by atoms with van der Waals surface area (Å²) in [5.41, 5.74) is 0.751. The Morgan fingerprint density at radius 2 is 2.21 bits per heavy atom. The standard InChI is InChI=1S/C10H15NO3/c1-13-4-3-10(12)8-5-9(14-2)7-11-6-8/h5-7,10,12H,3-4H2,1-2H3. The van der Waals surface area contributed by atoms with Crippen LogP contribution in [0, 0.1) is 0 Å². The van der Waals surface area contributed by atoms with Crippen molar-refractivity contribution in [2.24, 2.45) is 0 Å². The molecule has 14 heavy (non-hydrogen) atoms. The molecule has 1 atom stereocenters. The van der Waals surface area contributed by atoms with E-state index in [4.69, 9.17) is 9.47 Å². The number of aliphatic hydroxyl groups is 1. The molecule has 1 aromatic heterocycles. The van der Waals surface area contributed by atoms with Gasteiger partial charge in [0.1, 0.15) is 5.75 Å². The minimum atomic E-state index is -0.544. The minimum Gasteiger partial charge on any atom is -0.495 e. The normalized spacial score (nSPS) is 12.5. The lowest BCUT2D eigenvalue weighted by Gasteiger charge is -2.10. The first-order valence-electron chi connectivity index (χ1n) is 4.44. The molecule has 0 fully saturated rings. The Morgan fingerprint density at radius 1 is 1.43 bits per heavy atom. The Hall–Kier alpha value is -1.13. The predicted octanol–water partition coefficient (Wildman–Crippen LogP) is 1.16. The van der Waals surface area contributed by atoms with Crippen molar-refractivity contribution in [3.63, 3.8) is 0 Å². The highest BCUT2D eigenvalue weighted by Crippen LogP contribution is 2.19. The number of hydrogen-bond acceptors (Lipinski definition) is 4. The first kappa shape index (κ1) is 10.9. The molecule has 0 aliphatic rings. The van der Waals surface area contributed by atoms with E-state index in [1.165, 1.54) is 0 Å². The van der Waals surface area contributed by atoms with Crippen LogP contribution in [0.1, 0.15) is 18.1 Å². The summed E-state index contributed by atoms with van der Waals surface area (Å²) in [6, 6.07) is 1.77. The van der Waals surface area contributed by atoms with Crippen molar-refractivity contribution in [3.05, 3.63) is 24.0 Å². The lowest BCUT2D eigenvalue weighted by Crippen LogP contribution is -2.02. The summed E-state index contributed by atoms with van der Waals surface area (Å²) < 4.78 is 9.88. The van der Waals surface area contributed by atoms with Crippen LogP contribution in [-0.2, 0) is 4.74 Å². The van der Waals surface area contributed by atoms with E-state index in [1.54, 1.807) is 32.7 Å². The van der Waals surface area contributed by atoms with Gasteiger partial charge in [-0.25, -0.2) is 0 Å². The highest BCUT2D eigenvalue weighted by Gasteiger charge is 2.08. The molecule has 0 saturated carbocycles. The van der Waals surface area contributed by atoms with Gasteiger partial charge in [0.05, 0.1) is 19.4 Å². The van der Waals surface area contributed by atoms with Crippen molar-refractivity contribution in [2.45, 2.75) is 12.5 Å². The first-order valence-corrected chi connectivity index (χ1v) is 4.44. The molecule has 4 nitrogen and oxygen atoms in total. The molecule has 1 unspecified atom stereocenters. The van der Waals surface area contributed by atoms with Crippen LogP contribution in [0.2, 0.25) is 0 Å². The van der Waals surface area contributed by atoms with E-state index in [-0.39, 0.29) is 0 Å². The van der Waals surface area contributed by atoms with Crippen molar-refractivity contribution in [1.29, 1.82) is 0 Å². The van der Waals surface area contributed by atoms with E-state index in [0.29, 0.717) is 18.8 Å². The summed E-state index contributed by atoms with van der Waals surface area (Å²) in [7, 11) is 3.18. The fourth-order valence-electron chi connectivity index (χ4n) is 1.13. The summed E-state index contributed by atoms with van der Waals surface area (Å²) in [5, 5.41) is 9.70. The average molecular weight is 197 g/mol. The van der Waals surface area contributed by atoms with Crippen molar-refractivity contribution < 1.29 is 14.6 Å². The third kappa shape index (κ3) is 2.97. The number of hydrogen-bond donors (Lipinski definition) is 1. The zero-order chi connectivity index (χ0) is 10.4. The fraction of sp³-hybridized carbons (Fsp3) is 0.500. The molecule has 4 heteroatoms. The first-order chi connectivity index (χ1) is 6.77. The molecule has 0 radical (unpaired) electrons. The quantitative estimate of drug-likeness (QED) is 0.769. The van der Waals surface area contributed by atoms with Crippen molar-refractivity contribution in [3.8, 4) is 5.75 Å². The summed E-state index contributed by atoms with van der Waals surface area (Å²) in [4.78, 5) is 3.96. The number of aromatic nitrogens is 1. The van der Waals surface area contributed by atoms with Crippen LogP contribution in [0.25, 0.3) is 0 Å². The molecule has 0 spiro atoms. The van der Waals surface area contributed by atoms with E-state index in [2.05, 4.69) is 4.98 Å². The molecular weight excluding hydrogens is 182 g/mol. The maximum atomic E-state index is 9.70. The Bertz CT molecular complexity index is 278. The highest BCUT2D eigenvalue weighted by molar-refractivity contribution is 5.24. The van der Waals surface area contributed by atoms with Gasteiger partial charge >= 0.3 is 0 Å². The smallest absolute Gasteiger partial charge is 0.137 e. The van der Waals surface area contributed by atoms with E-state index in [9.17, 15) is 5.11 Å². The maximum Gasteiger partial charge on any atom is 0.137 e. The zero-order valence-electron chi connectivity index (χ0n) is 8.43. The SMILES string of the molecule is COCCC(O)c1cncc(OC)c1. The van der Waals surface area contributed by atoms with Crippen LogP contribution in [0.3, 0.4) is 0 Å². The molecule has 0 bridgehead atoms. The van der Waals surface area contributed by atoms with E-state index < -0.39 is 6.10 Å². The second-order valence-electron chi connectivity index (χ2n) is 2.96. The molecule has 0 aromatic carbocycles. The number of nitrogens with zero attached hydrogens (tertiary/aromatic N) is 1. The van der Waals surface area contributed by atoms with Crippen LogP contribution >= 0.6 is 0 Å². The Balaban J connectivity index is 2.64. The summed E-state index contributed by atoms with van der Waals surface area (Å²) >= 11 is 0. The number of aliphatic hydroxyl groups excluding tert-OH is 1. The largest absolute Gasteiger partial charge is 0.495 e. The highest BCUT2D eigenvalue weighted by atomic mass is 16.5. The predicted molar refractivity (Wildman–Crippen MR) is 52.2 cm³/mol. The van der Waals surface area contributed by atoms with Crippen LogP contribution in [0.4, 0.5) is 0 Å². The van der Waals surface area contributed by atoms with Crippen molar-refractivity contribution >= 4 is 0 Å². The third-order valence-corrected chi connectivity index (χ3v) is 1.95. The second kappa shape index (κ2) is 5.57. The van der Waals surface area contributed by atoms with E-state index in [0.717, 1.165) is 5.56 Å². The summed E-state index contributed by atoms with van der Waals surface area (Å²) in [6.45, 7) is 0.526. The third-order valence-electron chi connectivity index (χ3n) is 1.95. The second-order valence-corrected chi connectivity index (χ2v) is 2.96. The van der Waals surface area contributed by atoms with Crippen molar-refractivity contribution in [1.82, 2.24) is 4.98 Å². The molecule has 0 saturated heterocycles. The molecule has 1 N–H and O–H groups in total. The van der Waals surface area contributed by atoms with Crippen LogP contribution in [0.15, 0.2) is 18.5 Å². The summed E-state index contributed by atoms with van der Waals surface area (Å²) in [6.07, 6.45) is 3.25. The van der Waals surface area contributed by atoms with Gasteiger partial charge < -0.3 is 14.6 Å². The Labute approximate surface area is 83.5 Å². The topological polar surface area (TPSA) is 51.6 Å². The molecule has 1 aromatic rings. The summed E-state index contributed by atoms with van der Waals surface area (Å²) in [5.74, 6) is 0.652. The van der Waals surface area contributed by atoms with Gasteiger partial charge in [-0.1, -0.05) is 0 Å². The van der Waals surface area contributed by atoms with Gasteiger partial charge in [-0.2, -0.15) is 0 Å². The average Bonchev–Trinajstić information content (AvgIpc) is 2.26. The number of ether oxygens (including phenoxy) is 2. The van der Waals surface area contributed by atoms with Gasteiger partial charge in [0.2, 0.25) is 0 Å². The molecule has 78 valence electrons. The van der Waals surface area contributed by atoms with Crippen LogP contribution in [-0.4, -0.2) is 30.9 Å². The van der Waals surface area contributed by atoms with Crippen LogP contribution < -0.4 is 4.74 Å². The maximum absolute atomic E-state index is 9.70. The van der Waals surface area contributed by atoms with Crippen LogP contribution in [0.5, 0.6) is 5.75 Å². The van der Waals surface area contributed by atoms with Gasteiger partial charge in [-0.15, -0.1) is 0 Å². The van der Waals surface area contributed by atoms with E-state index >= 15 is 0 Å². The zero-order valence-corrected chi connectivity index (χ0v) is 8.43. The fourth-order valence-corrected chi connectivity index (χ4v) is 1.13. The molecule has 0 aliphatic heterocycles. The molecule has 1 heterocycles. The molecule has 0 aliphatic carbocycles. The minimum absolute atomic E-state index is 0.526. The molecule has 1 rings (SSSR count).